The number of hydrogen-bond donors (Lipinski definition) is 1. The number of likely N-dealkylation sites (tertiary alicyclic amines) is 1. The van der Waals surface area contributed by atoms with Crippen LogP contribution >= 0.6 is 0 Å². The van der Waals surface area contributed by atoms with E-state index in [1.54, 1.807) is 11.8 Å². The molecule has 0 aliphatic carbocycles. The van der Waals surface area contributed by atoms with Gasteiger partial charge in [0.15, 0.2) is 0 Å². The van der Waals surface area contributed by atoms with Crippen LogP contribution in [0.4, 0.5) is 0 Å². The van der Waals surface area contributed by atoms with Gasteiger partial charge in [-0.2, -0.15) is 0 Å². The molecule has 0 radical (unpaired) electrons. The van der Waals surface area contributed by atoms with E-state index in [2.05, 4.69) is 4.90 Å². The summed E-state index contributed by atoms with van der Waals surface area (Å²) >= 11 is 0. The fourth-order valence-corrected chi connectivity index (χ4v) is 2.75. The van der Waals surface area contributed by atoms with Gasteiger partial charge in [0.25, 0.3) is 0 Å². The summed E-state index contributed by atoms with van der Waals surface area (Å²) in [6.07, 6.45) is 1.44. The molecule has 0 unspecified atom stereocenters. The molecule has 0 bridgehead atoms. The summed E-state index contributed by atoms with van der Waals surface area (Å²) in [6.45, 7) is 7.91. The van der Waals surface area contributed by atoms with Crippen LogP contribution in [0.15, 0.2) is 0 Å². The first kappa shape index (κ1) is 15.3. The highest BCUT2D eigenvalue weighted by molar-refractivity contribution is 5.79. The fourth-order valence-electron chi connectivity index (χ4n) is 2.75. The van der Waals surface area contributed by atoms with Crippen LogP contribution in [-0.4, -0.2) is 83.0 Å². The Morgan fingerprint density at radius 1 is 1.00 bits per heavy atom. The summed E-state index contributed by atoms with van der Waals surface area (Å²) < 4.78 is 0. The number of piperazine rings is 1. The molecule has 2 aliphatic rings. The summed E-state index contributed by atoms with van der Waals surface area (Å²) in [5.41, 5.74) is -0.577. The lowest BCUT2D eigenvalue weighted by Gasteiger charge is -2.38. The molecule has 0 spiro atoms. The third-order valence-corrected chi connectivity index (χ3v) is 4.37. The van der Waals surface area contributed by atoms with E-state index in [0.717, 1.165) is 25.9 Å². The normalized spacial score (nSPS) is 23.8. The zero-order chi connectivity index (χ0) is 14.8. The number of rotatable bonds is 2. The van der Waals surface area contributed by atoms with Crippen LogP contribution in [0, 0.1) is 0 Å². The van der Waals surface area contributed by atoms with Crippen LogP contribution in [0.1, 0.15) is 26.7 Å². The number of carbonyl (C=O) groups excluding carboxylic acids is 2. The minimum atomic E-state index is -0.577. The summed E-state index contributed by atoms with van der Waals surface area (Å²) in [4.78, 5) is 29.2. The molecule has 114 valence electrons. The Hall–Kier alpha value is -1.14. The zero-order valence-electron chi connectivity index (χ0n) is 12.5. The van der Waals surface area contributed by atoms with E-state index >= 15 is 0 Å². The van der Waals surface area contributed by atoms with E-state index in [1.165, 1.54) is 0 Å². The average molecular weight is 283 g/mol. The Morgan fingerprint density at radius 3 is 2.00 bits per heavy atom. The first-order valence-electron chi connectivity index (χ1n) is 7.35. The SMILES string of the molecule is CC(=O)N1CCN(C(=O)CN2CCC(C)(O)CC2)CC1. The highest BCUT2D eigenvalue weighted by Gasteiger charge is 2.29. The van der Waals surface area contributed by atoms with Gasteiger partial charge in [0.2, 0.25) is 11.8 Å². The second-order valence-electron chi connectivity index (χ2n) is 6.16. The highest BCUT2D eigenvalue weighted by atomic mass is 16.3. The molecular formula is C14H25N3O3. The fraction of sp³-hybridized carbons (Fsp3) is 0.857. The second kappa shape index (κ2) is 6.10. The third-order valence-electron chi connectivity index (χ3n) is 4.37. The van der Waals surface area contributed by atoms with Crippen LogP contribution in [-0.2, 0) is 9.59 Å². The maximum absolute atomic E-state index is 12.2. The van der Waals surface area contributed by atoms with Gasteiger partial charge in [0.1, 0.15) is 0 Å². The minimum Gasteiger partial charge on any atom is -0.390 e. The van der Waals surface area contributed by atoms with Gasteiger partial charge in [0, 0.05) is 46.2 Å². The Labute approximate surface area is 120 Å². The van der Waals surface area contributed by atoms with Crippen LogP contribution in [0.25, 0.3) is 0 Å². The monoisotopic (exact) mass is 283 g/mol. The molecule has 2 amide bonds. The van der Waals surface area contributed by atoms with Gasteiger partial charge in [-0.1, -0.05) is 0 Å². The topological polar surface area (TPSA) is 64.1 Å². The number of hydrogen-bond acceptors (Lipinski definition) is 4. The van der Waals surface area contributed by atoms with Gasteiger partial charge < -0.3 is 14.9 Å². The minimum absolute atomic E-state index is 0.0790. The molecule has 6 heteroatoms. The van der Waals surface area contributed by atoms with Crippen LogP contribution in [0.3, 0.4) is 0 Å². The second-order valence-corrected chi connectivity index (χ2v) is 6.16. The van der Waals surface area contributed by atoms with E-state index in [1.807, 2.05) is 11.8 Å². The number of nitrogens with zero attached hydrogens (tertiary/aromatic N) is 3. The predicted molar refractivity (Wildman–Crippen MR) is 75.1 cm³/mol. The quantitative estimate of drug-likeness (QED) is 0.744. The van der Waals surface area contributed by atoms with Gasteiger partial charge >= 0.3 is 0 Å². The molecule has 2 fully saturated rings. The Morgan fingerprint density at radius 2 is 1.50 bits per heavy atom. The van der Waals surface area contributed by atoms with Gasteiger partial charge in [-0.3, -0.25) is 14.5 Å². The number of piperidine rings is 1. The molecule has 2 aliphatic heterocycles. The van der Waals surface area contributed by atoms with Crippen LogP contribution < -0.4 is 0 Å². The van der Waals surface area contributed by atoms with Crippen molar-refractivity contribution in [2.24, 2.45) is 0 Å². The molecule has 0 saturated carbocycles. The highest BCUT2D eigenvalue weighted by Crippen LogP contribution is 2.20. The lowest BCUT2D eigenvalue weighted by molar-refractivity contribution is -0.139. The molecule has 0 aromatic heterocycles. The first-order chi connectivity index (χ1) is 9.37. The molecule has 20 heavy (non-hydrogen) atoms. The summed E-state index contributed by atoms with van der Waals surface area (Å²) in [6, 6.07) is 0. The van der Waals surface area contributed by atoms with Crippen molar-refractivity contribution in [1.29, 1.82) is 0 Å². The molecule has 0 atom stereocenters. The van der Waals surface area contributed by atoms with Crippen molar-refractivity contribution in [2.45, 2.75) is 32.3 Å². The van der Waals surface area contributed by atoms with Crippen LogP contribution in [0.2, 0.25) is 0 Å². The van der Waals surface area contributed by atoms with Crippen molar-refractivity contribution < 1.29 is 14.7 Å². The maximum Gasteiger partial charge on any atom is 0.236 e. The summed E-state index contributed by atoms with van der Waals surface area (Å²) in [5.74, 6) is 0.213. The molecule has 6 nitrogen and oxygen atoms in total. The molecule has 2 heterocycles. The Kier molecular flexibility index (Phi) is 4.65. The standard InChI is InChI=1S/C14H25N3O3/c1-12(18)16-7-9-17(10-8-16)13(19)11-15-5-3-14(2,20)4-6-15/h20H,3-11H2,1-2H3. The molecule has 1 N–H and O–H groups in total. The Balaban J connectivity index is 1.75. The average Bonchev–Trinajstić information content (AvgIpc) is 2.41. The number of aliphatic hydroxyl groups is 1. The van der Waals surface area contributed by atoms with Crippen molar-refractivity contribution in [1.82, 2.24) is 14.7 Å². The zero-order valence-corrected chi connectivity index (χ0v) is 12.5. The van der Waals surface area contributed by atoms with Crippen molar-refractivity contribution in [3.63, 3.8) is 0 Å². The van der Waals surface area contributed by atoms with Crippen LogP contribution in [0.5, 0.6) is 0 Å². The van der Waals surface area contributed by atoms with Crippen molar-refractivity contribution >= 4 is 11.8 Å². The maximum atomic E-state index is 12.2. The van der Waals surface area contributed by atoms with E-state index in [-0.39, 0.29) is 11.8 Å². The third kappa shape index (κ3) is 3.93. The lowest BCUT2D eigenvalue weighted by Crippen LogP contribution is -2.53. The first-order valence-corrected chi connectivity index (χ1v) is 7.35. The van der Waals surface area contributed by atoms with Gasteiger partial charge in [-0.15, -0.1) is 0 Å². The van der Waals surface area contributed by atoms with E-state index in [0.29, 0.717) is 32.7 Å². The van der Waals surface area contributed by atoms with E-state index < -0.39 is 5.60 Å². The summed E-state index contributed by atoms with van der Waals surface area (Å²) in [5, 5.41) is 9.90. The largest absolute Gasteiger partial charge is 0.390 e. The molecule has 2 rings (SSSR count). The van der Waals surface area contributed by atoms with E-state index in [9.17, 15) is 14.7 Å². The molecule has 0 aromatic carbocycles. The Bertz CT molecular complexity index is 366. The summed E-state index contributed by atoms with van der Waals surface area (Å²) in [7, 11) is 0. The van der Waals surface area contributed by atoms with Gasteiger partial charge in [-0.25, -0.2) is 0 Å². The lowest BCUT2D eigenvalue weighted by atomic mass is 9.94. The van der Waals surface area contributed by atoms with Gasteiger partial charge in [-0.05, 0) is 19.8 Å². The van der Waals surface area contributed by atoms with Crippen molar-refractivity contribution in [3.8, 4) is 0 Å². The number of amides is 2. The molecule has 2 saturated heterocycles. The predicted octanol–water partition coefficient (Wildman–Crippen LogP) is -0.476. The van der Waals surface area contributed by atoms with Crippen molar-refractivity contribution in [2.75, 3.05) is 45.8 Å². The molecule has 0 aromatic rings. The number of carbonyl (C=O) groups is 2. The smallest absolute Gasteiger partial charge is 0.236 e. The van der Waals surface area contributed by atoms with Crippen molar-refractivity contribution in [3.05, 3.63) is 0 Å². The van der Waals surface area contributed by atoms with Gasteiger partial charge in [0.05, 0.1) is 12.1 Å². The molecular weight excluding hydrogens is 258 g/mol. The van der Waals surface area contributed by atoms with E-state index in [4.69, 9.17) is 0 Å².